The summed E-state index contributed by atoms with van der Waals surface area (Å²) in [7, 11) is -3.46. The summed E-state index contributed by atoms with van der Waals surface area (Å²) in [5, 5.41) is 14.9. The molecule has 1 fully saturated rings. The van der Waals surface area contributed by atoms with Crippen LogP contribution in [0.25, 0.3) is 0 Å². The zero-order valence-corrected chi connectivity index (χ0v) is 16.2. The molecule has 0 unspecified atom stereocenters. The van der Waals surface area contributed by atoms with Gasteiger partial charge in [0.15, 0.2) is 5.82 Å². The Morgan fingerprint density at radius 1 is 1.19 bits per heavy atom. The fourth-order valence-corrected chi connectivity index (χ4v) is 4.92. The number of nitrogens with zero attached hydrogens (tertiary/aromatic N) is 5. The number of aryl methyl sites for hydroxylation is 2. The Labute approximate surface area is 154 Å². The molecule has 0 bridgehead atoms. The van der Waals surface area contributed by atoms with Gasteiger partial charge < -0.3 is 5.32 Å². The molecule has 26 heavy (non-hydrogen) atoms. The van der Waals surface area contributed by atoms with E-state index in [9.17, 15) is 8.42 Å². The highest BCUT2D eigenvalue weighted by atomic mass is 32.2. The lowest BCUT2D eigenvalue weighted by atomic mass is 10.2. The van der Waals surface area contributed by atoms with Crippen molar-refractivity contribution in [1.29, 1.82) is 0 Å². The highest BCUT2D eigenvalue weighted by Crippen LogP contribution is 2.26. The van der Waals surface area contributed by atoms with Gasteiger partial charge in [-0.2, -0.15) is 4.31 Å². The van der Waals surface area contributed by atoms with E-state index >= 15 is 0 Å². The quantitative estimate of drug-likeness (QED) is 0.794. The minimum atomic E-state index is -3.46. The van der Waals surface area contributed by atoms with E-state index in [0.717, 1.165) is 49.3 Å². The van der Waals surface area contributed by atoms with Crippen molar-refractivity contribution in [3.05, 3.63) is 29.6 Å². The number of anilines is 1. The number of hydrogen-bond acceptors (Lipinski definition) is 6. The summed E-state index contributed by atoms with van der Waals surface area (Å²) in [6, 6.07) is 5.44. The van der Waals surface area contributed by atoms with Crippen LogP contribution >= 0.6 is 0 Å². The fourth-order valence-electron chi connectivity index (χ4n) is 3.15. The van der Waals surface area contributed by atoms with Gasteiger partial charge in [-0.05, 0) is 54.3 Å². The average molecular weight is 379 g/mol. The fraction of sp³-hybridized carbons (Fsp3) is 0.588. The van der Waals surface area contributed by atoms with Crippen molar-refractivity contribution in [2.45, 2.75) is 57.5 Å². The second kappa shape index (κ2) is 8.13. The lowest BCUT2D eigenvalue weighted by molar-refractivity contribution is 0.346. The molecule has 0 saturated carbocycles. The van der Waals surface area contributed by atoms with E-state index in [4.69, 9.17) is 0 Å². The van der Waals surface area contributed by atoms with Crippen molar-refractivity contribution in [3.63, 3.8) is 0 Å². The first kappa shape index (κ1) is 18.8. The molecule has 1 N–H and O–H groups in total. The van der Waals surface area contributed by atoms with Gasteiger partial charge in [0.05, 0.1) is 11.4 Å². The molecule has 2 aromatic rings. The van der Waals surface area contributed by atoms with E-state index in [2.05, 4.69) is 27.8 Å². The number of tetrazole rings is 1. The van der Waals surface area contributed by atoms with E-state index < -0.39 is 10.0 Å². The molecule has 3 rings (SSSR count). The first-order valence-electron chi connectivity index (χ1n) is 9.12. The third kappa shape index (κ3) is 4.04. The standard InChI is InChI=1S/C17H26N6O2S/c1-3-9-23-17(19-20-21-23)13-18-15-8-7-14(2)16(12-15)26(24,25)22-10-5-4-6-11-22/h7-8,12,18H,3-6,9-11,13H2,1-2H3. The first-order chi connectivity index (χ1) is 12.5. The number of piperidine rings is 1. The normalized spacial score (nSPS) is 15.9. The average Bonchev–Trinajstić information content (AvgIpc) is 3.09. The zero-order chi connectivity index (χ0) is 18.6. The Morgan fingerprint density at radius 3 is 2.69 bits per heavy atom. The summed E-state index contributed by atoms with van der Waals surface area (Å²) in [5.74, 6) is 0.730. The summed E-state index contributed by atoms with van der Waals surface area (Å²) in [6.07, 6.45) is 3.90. The third-order valence-corrected chi connectivity index (χ3v) is 6.65. The topological polar surface area (TPSA) is 93.0 Å². The van der Waals surface area contributed by atoms with Gasteiger partial charge in [-0.3, -0.25) is 0 Å². The number of sulfonamides is 1. The smallest absolute Gasteiger partial charge is 0.243 e. The highest BCUT2D eigenvalue weighted by Gasteiger charge is 2.27. The Morgan fingerprint density at radius 2 is 1.96 bits per heavy atom. The number of nitrogens with one attached hydrogen (secondary N) is 1. The van der Waals surface area contributed by atoms with Gasteiger partial charge in [0, 0.05) is 25.3 Å². The van der Waals surface area contributed by atoms with Crippen molar-refractivity contribution in [2.75, 3.05) is 18.4 Å². The lowest BCUT2D eigenvalue weighted by Gasteiger charge is -2.26. The summed E-state index contributed by atoms with van der Waals surface area (Å²) in [6.45, 7) is 6.31. The maximum atomic E-state index is 13.0. The van der Waals surface area contributed by atoms with E-state index in [1.54, 1.807) is 15.1 Å². The summed E-state index contributed by atoms with van der Waals surface area (Å²) in [4.78, 5) is 0.373. The minimum absolute atomic E-state index is 0.373. The van der Waals surface area contributed by atoms with E-state index in [1.165, 1.54) is 0 Å². The second-order valence-corrected chi connectivity index (χ2v) is 8.52. The molecule has 8 nitrogen and oxygen atoms in total. The molecule has 1 aromatic carbocycles. The van der Waals surface area contributed by atoms with Crippen molar-refractivity contribution < 1.29 is 8.42 Å². The van der Waals surface area contributed by atoms with Crippen LogP contribution in [-0.2, 0) is 23.1 Å². The largest absolute Gasteiger partial charge is 0.378 e. The maximum absolute atomic E-state index is 13.0. The van der Waals surface area contributed by atoms with Crippen LogP contribution in [0.1, 0.15) is 44.0 Å². The second-order valence-electron chi connectivity index (χ2n) is 6.62. The Kier molecular flexibility index (Phi) is 5.87. The molecule has 0 radical (unpaired) electrons. The Bertz CT molecular complexity index is 843. The zero-order valence-electron chi connectivity index (χ0n) is 15.3. The summed E-state index contributed by atoms with van der Waals surface area (Å²) < 4.78 is 29.3. The molecule has 0 amide bonds. The monoisotopic (exact) mass is 378 g/mol. The maximum Gasteiger partial charge on any atom is 0.243 e. The van der Waals surface area contributed by atoms with Crippen LogP contribution < -0.4 is 5.32 Å². The number of benzene rings is 1. The van der Waals surface area contributed by atoms with Gasteiger partial charge in [0.1, 0.15) is 0 Å². The highest BCUT2D eigenvalue weighted by molar-refractivity contribution is 7.89. The SMILES string of the molecule is CCCn1nnnc1CNc1ccc(C)c(S(=O)(=O)N2CCCCC2)c1. The number of hydrogen-bond donors (Lipinski definition) is 1. The van der Waals surface area contributed by atoms with Gasteiger partial charge in [-0.25, -0.2) is 13.1 Å². The van der Waals surface area contributed by atoms with E-state index in [0.29, 0.717) is 24.5 Å². The van der Waals surface area contributed by atoms with Crippen LogP contribution in [0.15, 0.2) is 23.1 Å². The van der Waals surface area contributed by atoms with Crippen LogP contribution in [0.3, 0.4) is 0 Å². The molecule has 1 saturated heterocycles. The molecule has 2 heterocycles. The van der Waals surface area contributed by atoms with Gasteiger partial charge in [-0.1, -0.05) is 19.4 Å². The van der Waals surface area contributed by atoms with Crippen LogP contribution in [-0.4, -0.2) is 46.0 Å². The van der Waals surface area contributed by atoms with Crippen molar-refractivity contribution >= 4 is 15.7 Å². The molecule has 0 spiro atoms. The molecule has 1 aliphatic heterocycles. The number of aromatic nitrogens is 4. The lowest BCUT2D eigenvalue weighted by Crippen LogP contribution is -2.36. The van der Waals surface area contributed by atoms with Crippen LogP contribution in [0.2, 0.25) is 0 Å². The molecule has 1 aromatic heterocycles. The van der Waals surface area contributed by atoms with E-state index in [1.807, 2.05) is 19.1 Å². The molecule has 142 valence electrons. The molecule has 9 heteroatoms. The first-order valence-corrected chi connectivity index (χ1v) is 10.6. The van der Waals surface area contributed by atoms with Gasteiger partial charge >= 0.3 is 0 Å². The van der Waals surface area contributed by atoms with Crippen LogP contribution in [0, 0.1) is 6.92 Å². The predicted octanol–water partition coefficient (Wildman–Crippen LogP) is 2.18. The van der Waals surface area contributed by atoms with Crippen LogP contribution in [0.5, 0.6) is 0 Å². The van der Waals surface area contributed by atoms with Gasteiger partial charge in [-0.15, -0.1) is 5.10 Å². The molecule has 1 aliphatic rings. The predicted molar refractivity (Wildman–Crippen MR) is 99.2 cm³/mol. The van der Waals surface area contributed by atoms with Crippen molar-refractivity contribution in [3.8, 4) is 0 Å². The summed E-state index contributed by atoms with van der Waals surface area (Å²) in [5.41, 5.74) is 1.51. The van der Waals surface area contributed by atoms with Gasteiger partial charge in [0.2, 0.25) is 10.0 Å². The molecule has 0 aliphatic carbocycles. The van der Waals surface area contributed by atoms with Crippen molar-refractivity contribution in [1.82, 2.24) is 24.5 Å². The minimum Gasteiger partial charge on any atom is -0.378 e. The number of rotatable bonds is 7. The Balaban J connectivity index is 1.78. The molecule has 0 atom stereocenters. The van der Waals surface area contributed by atoms with Crippen molar-refractivity contribution in [2.24, 2.45) is 0 Å². The molecular formula is C17H26N6O2S. The Hall–Kier alpha value is -2.00. The van der Waals surface area contributed by atoms with Gasteiger partial charge in [0.25, 0.3) is 0 Å². The summed E-state index contributed by atoms with van der Waals surface area (Å²) >= 11 is 0. The third-order valence-electron chi connectivity index (χ3n) is 4.61. The van der Waals surface area contributed by atoms with E-state index in [-0.39, 0.29) is 0 Å². The molecular weight excluding hydrogens is 352 g/mol. The van der Waals surface area contributed by atoms with Crippen LogP contribution in [0.4, 0.5) is 5.69 Å².